The molecule has 4 nitrogen and oxygen atoms in total. The van der Waals surface area contributed by atoms with Crippen LogP contribution >= 0.6 is 11.8 Å². The molecule has 0 bridgehead atoms. The maximum atomic E-state index is 13.3. The summed E-state index contributed by atoms with van der Waals surface area (Å²) in [7, 11) is 1.65. The van der Waals surface area contributed by atoms with E-state index in [1.807, 2.05) is 79.7 Å². The molecule has 0 aromatic heterocycles. The van der Waals surface area contributed by atoms with Crippen molar-refractivity contribution >= 4 is 34.6 Å². The molecule has 0 radical (unpaired) electrons. The van der Waals surface area contributed by atoms with Gasteiger partial charge in [0, 0.05) is 6.54 Å². The molecule has 0 spiro atoms. The largest absolute Gasteiger partial charge is 0.497 e. The van der Waals surface area contributed by atoms with E-state index in [1.54, 1.807) is 12.0 Å². The van der Waals surface area contributed by atoms with Crippen molar-refractivity contribution in [2.45, 2.75) is 13.3 Å². The Kier molecular flexibility index (Phi) is 6.53. The zero-order valence-electron chi connectivity index (χ0n) is 17.6. The summed E-state index contributed by atoms with van der Waals surface area (Å²) in [6.45, 7) is 2.60. The molecular weight excluding hydrogens is 404 g/mol. The van der Waals surface area contributed by atoms with Gasteiger partial charge in [0.2, 0.25) is 0 Å². The molecule has 0 atom stereocenters. The Balaban J connectivity index is 1.64. The number of hydrogen-bond acceptors (Lipinski definition) is 4. The molecule has 0 unspecified atom stereocenters. The summed E-state index contributed by atoms with van der Waals surface area (Å²) in [6, 6.07) is 25.8. The monoisotopic (exact) mass is 428 g/mol. The topological polar surface area (TPSA) is 41.9 Å². The van der Waals surface area contributed by atoms with Gasteiger partial charge in [0.15, 0.2) is 5.17 Å². The minimum absolute atomic E-state index is 0.00849. The van der Waals surface area contributed by atoms with Crippen LogP contribution in [-0.4, -0.2) is 29.6 Å². The van der Waals surface area contributed by atoms with Crippen LogP contribution in [0.2, 0.25) is 0 Å². The standard InChI is InChI=1S/C26H24N2O2S/c1-19-17-23(30-2)14-13-21(19)18-24-25(29)28(16-15-20-9-5-3-6-10-20)26(31-24)27-22-11-7-4-8-12-22/h3-14,17-18H,15-16H2,1-2H3/b24-18+,27-26?. The smallest absolute Gasteiger partial charge is 0.266 e. The highest BCUT2D eigenvalue weighted by Gasteiger charge is 2.33. The van der Waals surface area contributed by atoms with Crippen molar-refractivity contribution in [2.24, 2.45) is 4.99 Å². The molecular formula is C26H24N2O2S. The van der Waals surface area contributed by atoms with Gasteiger partial charge in [-0.25, -0.2) is 4.99 Å². The highest BCUT2D eigenvalue weighted by molar-refractivity contribution is 8.18. The fraction of sp³-hybridized carbons (Fsp3) is 0.154. The van der Waals surface area contributed by atoms with Crippen molar-refractivity contribution in [3.05, 3.63) is 100 Å². The fourth-order valence-electron chi connectivity index (χ4n) is 3.37. The second-order valence-electron chi connectivity index (χ2n) is 7.26. The van der Waals surface area contributed by atoms with Gasteiger partial charge < -0.3 is 4.74 Å². The summed E-state index contributed by atoms with van der Waals surface area (Å²) in [5, 5.41) is 0.713. The second-order valence-corrected chi connectivity index (χ2v) is 8.26. The Morgan fingerprint density at radius 2 is 1.71 bits per heavy atom. The van der Waals surface area contributed by atoms with Crippen LogP contribution in [0.1, 0.15) is 16.7 Å². The van der Waals surface area contributed by atoms with Crippen LogP contribution in [0.5, 0.6) is 5.75 Å². The molecule has 1 amide bonds. The molecule has 0 aliphatic carbocycles. The first kappa shape index (κ1) is 20.9. The zero-order valence-corrected chi connectivity index (χ0v) is 18.4. The van der Waals surface area contributed by atoms with Gasteiger partial charge in [-0.1, -0.05) is 54.6 Å². The van der Waals surface area contributed by atoms with Gasteiger partial charge in [0.25, 0.3) is 5.91 Å². The molecule has 5 heteroatoms. The van der Waals surface area contributed by atoms with E-state index in [9.17, 15) is 4.79 Å². The van der Waals surface area contributed by atoms with Crippen LogP contribution in [0.4, 0.5) is 5.69 Å². The number of methoxy groups -OCH3 is 1. The number of aryl methyl sites for hydroxylation is 1. The van der Waals surface area contributed by atoms with Crippen molar-refractivity contribution in [3.63, 3.8) is 0 Å². The third-order valence-corrected chi connectivity index (χ3v) is 6.11. The number of rotatable bonds is 6. The van der Waals surface area contributed by atoms with Gasteiger partial charge >= 0.3 is 0 Å². The number of amides is 1. The molecule has 1 saturated heterocycles. The zero-order chi connectivity index (χ0) is 21.6. The highest BCUT2D eigenvalue weighted by Crippen LogP contribution is 2.35. The van der Waals surface area contributed by atoms with Crippen LogP contribution in [0.25, 0.3) is 6.08 Å². The van der Waals surface area contributed by atoms with E-state index in [0.717, 1.165) is 29.0 Å². The minimum Gasteiger partial charge on any atom is -0.497 e. The number of aliphatic imine (C=N–C) groups is 1. The van der Waals surface area contributed by atoms with Gasteiger partial charge in [0.1, 0.15) is 5.75 Å². The lowest BCUT2D eigenvalue weighted by molar-refractivity contribution is -0.122. The van der Waals surface area contributed by atoms with E-state index >= 15 is 0 Å². The Morgan fingerprint density at radius 3 is 2.39 bits per heavy atom. The molecule has 1 fully saturated rings. The van der Waals surface area contributed by atoms with Gasteiger partial charge in [-0.15, -0.1) is 0 Å². The highest BCUT2D eigenvalue weighted by atomic mass is 32.2. The number of amidine groups is 1. The minimum atomic E-state index is -0.00849. The number of carbonyl (C=O) groups is 1. The van der Waals surface area contributed by atoms with Gasteiger partial charge in [0.05, 0.1) is 17.7 Å². The summed E-state index contributed by atoms with van der Waals surface area (Å²) in [4.78, 5) is 20.5. The van der Waals surface area contributed by atoms with Crippen molar-refractivity contribution in [3.8, 4) is 5.75 Å². The summed E-state index contributed by atoms with van der Waals surface area (Å²) < 4.78 is 5.30. The average molecular weight is 429 g/mol. The third-order valence-electron chi connectivity index (χ3n) is 5.10. The average Bonchev–Trinajstić information content (AvgIpc) is 3.09. The second kappa shape index (κ2) is 9.67. The molecule has 156 valence electrons. The Morgan fingerprint density at radius 1 is 1.00 bits per heavy atom. The predicted octanol–water partition coefficient (Wildman–Crippen LogP) is 5.85. The number of carbonyl (C=O) groups excluding carboxylic acids is 1. The van der Waals surface area contributed by atoms with Crippen LogP contribution < -0.4 is 4.74 Å². The predicted molar refractivity (Wildman–Crippen MR) is 129 cm³/mol. The van der Waals surface area contributed by atoms with Crippen molar-refractivity contribution in [2.75, 3.05) is 13.7 Å². The van der Waals surface area contributed by atoms with Gasteiger partial charge in [-0.05, 0) is 72.1 Å². The Labute approximate surface area is 187 Å². The normalized spacial score (nSPS) is 16.3. The summed E-state index contributed by atoms with van der Waals surface area (Å²) in [6.07, 6.45) is 2.72. The third kappa shape index (κ3) is 5.06. The Hall–Kier alpha value is -3.31. The molecule has 4 rings (SSSR count). The van der Waals surface area contributed by atoms with E-state index in [2.05, 4.69) is 12.1 Å². The van der Waals surface area contributed by atoms with Crippen molar-refractivity contribution in [1.82, 2.24) is 4.90 Å². The first-order chi connectivity index (χ1) is 15.1. The number of benzene rings is 3. The van der Waals surface area contributed by atoms with E-state index < -0.39 is 0 Å². The van der Waals surface area contributed by atoms with Crippen molar-refractivity contribution in [1.29, 1.82) is 0 Å². The molecule has 31 heavy (non-hydrogen) atoms. The lowest BCUT2D eigenvalue weighted by Crippen LogP contribution is -2.31. The summed E-state index contributed by atoms with van der Waals surface area (Å²) >= 11 is 1.43. The maximum Gasteiger partial charge on any atom is 0.266 e. The number of ether oxygens (including phenoxy) is 1. The van der Waals surface area contributed by atoms with E-state index in [1.165, 1.54) is 17.3 Å². The quantitative estimate of drug-likeness (QED) is 0.463. The number of thioether (sulfide) groups is 1. The lowest BCUT2D eigenvalue weighted by atomic mass is 10.1. The van der Waals surface area contributed by atoms with Gasteiger partial charge in [-0.3, -0.25) is 9.69 Å². The first-order valence-electron chi connectivity index (χ1n) is 10.2. The maximum absolute atomic E-state index is 13.3. The molecule has 3 aromatic carbocycles. The number of para-hydroxylation sites is 1. The van der Waals surface area contributed by atoms with Gasteiger partial charge in [-0.2, -0.15) is 0 Å². The Bertz CT molecular complexity index is 1120. The van der Waals surface area contributed by atoms with Crippen molar-refractivity contribution < 1.29 is 9.53 Å². The fourth-order valence-corrected chi connectivity index (χ4v) is 4.38. The summed E-state index contributed by atoms with van der Waals surface area (Å²) in [5.74, 6) is 0.798. The number of nitrogens with zero attached hydrogens (tertiary/aromatic N) is 2. The van der Waals surface area contributed by atoms with E-state index in [4.69, 9.17) is 9.73 Å². The van der Waals surface area contributed by atoms with Crippen LogP contribution in [0, 0.1) is 6.92 Å². The summed E-state index contributed by atoms with van der Waals surface area (Å²) in [5.41, 5.74) is 4.09. The van der Waals surface area contributed by atoms with Crippen LogP contribution in [0.3, 0.4) is 0 Å². The van der Waals surface area contributed by atoms with Crippen LogP contribution in [-0.2, 0) is 11.2 Å². The van der Waals surface area contributed by atoms with E-state index in [0.29, 0.717) is 16.6 Å². The number of hydrogen-bond donors (Lipinski definition) is 0. The lowest BCUT2D eigenvalue weighted by Gasteiger charge is -2.15. The molecule has 3 aromatic rings. The molecule has 1 aliphatic heterocycles. The molecule has 0 saturated carbocycles. The molecule has 1 aliphatic rings. The molecule has 1 heterocycles. The molecule has 0 N–H and O–H groups in total. The first-order valence-corrected chi connectivity index (χ1v) is 11.0. The van der Waals surface area contributed by atoms with Crippen LogP contribution in [0.15, 0.2) is 88.8 Å². The van der Waals surface area contributed by atoms with E-state index in [-0.39, 0.29) is 5.91 Å². The SMILES string of the molecule is COc1ccc(/C=C2/SC(=Nc3ccccc3)N(CCc3ccccc3)C2=O)c(C)c1.